The number of hydrogen-bond donors (Lipinski definition) is 2. The molecule has 0 amide bonds. The standard InChI is InChI=1S/C24H32N4O/c1-27(20-12-14-28(15-13-20)16-17-6-7-17)19-10-8-18(9-11-19)23-24(29-23)26-22-5-3-2-4-21(22)25/h2-5,8-11,17,20,23-24,26H,6-7,12-16,25H2,1H3. The zero-order valence-corrected chi connectivity index (χ0v) is 17.3. The van der Waals surface area contributed by atoms with Crippen LogP contribution in [0.25, 0.3) is 0 Å². The molecule has 3 aliphatic rings. The van der Waals surface area contributed by atoms with E-state index in [9.17, 15) is 0 Å². The maximum Gasteiger partial charge on any atom is 0.159 e. The van der Waals surface area contributed by atoms with E-state index < -0.39 is 0 Å². The lowest BCUT2D eigenvalue weighted by Gasteiger charge is -2.38. The second-order valence-electron chi connectivity index (χ2n) is 8.89. The minimum absolute atomic E-state index is 0.000857. The molecule has 1 aliphatic carbocycles. The molecular weight excluding hydrogens is 360 g/mol. The van der Waals surface area contributed by atoms with E-state index in [-0.39, 0.29) is 12.3 Å². The monoisotopic (exact) mass is 392 g/mol. The fourth-order valence-corrected chi connectivity index (χ4v) is 4.52. The van der Waals surface area contributed by atoms with Gasteiger partial charge in [-0.2, -0.15) is 0 Å². The van der Waals surface area contributed by atoms with Gasteiger partial charge in [0.05, 0.1) is 11.4 Å². The van der Waals surface area contributed by atoms with Gasteiger partial charge in [-0.25, -0.2) is 0 Å². The molecule has 0 aromatic heterocycles. The highest BCUT2D eigenvalue weighted by atomic mass is 16.6. The maximum absolute atomic E-state index is 6.01. The molecule has 0 spiro atoms. The molecular formula is C24H32N4O. The summed E-state index contributed by atoms with van der Waals surface area (Å²) in [7, 11) is 2.24. The number of epoxide rings is 1. The second-order valence-corrected chi connectivity index (χ2v) is 8.89. The molecule has 2 unspecified atom stereocenters. The summed E-state index contributed by atoms with van der Waals surface area (Å²) < 4.78 is 5.84. The van der Waals surface area contributed by atoms with E-state index in [0.717, 1.165) is 17.3 Å². The van der Waals surface area contributed by atoms with Crippen LogP contribution < -0.4 is 16.0 Å². The number of piperidine rings is 1. The summed E-state index contributed by atoms with van der Waals surface area (Å²) in [4.78, 5) is 5.13. The van der Waals surface area contributed by atoms with E-state index in [1.54, 1.807) is 0 Å². The molecule has 2 heterocycles. The van der Waals surface area contributed by atoms with Crippen molar-refractivity contribution in [1.29, 1.82) is 0 Å². The van der Waals surface area contributed by atoms with Crippen molar-refractivity contribution in [2.45, 2.75) is 44.1 Å². The highest BCUT2D eigenvalue weighted by molar-refractivity contribution is 5.66. The highest BCUT2D eigenvalue weighted by Crippen LogP contribution is 2.40. The smallest absolute Gasteiger partial charge is 0.159 e. The van der Waals surface area contributed by atoms with E-state index >= 15 is 0 Å². The molecule has 5 nitrogen and oxygen atoms in total. The van der Waals surface area contributed by atoms with Gasteiger partial charge in [0.2, 0.25) is 0 Å². The lowest BCUT2D eigenvalue weighted by molar-refractivity contribution is 0.203. The quantitative estimate of drug-likeness (QED) is 0.549. The third-order valence-corrected chi connectivity index (χ3v) is 6.70. The topological polar surface area (TPSA) is 57.1 Å². The van der Waals surface area contributed by atoms with Gasteiger partial charge < -0.3 is 25.6 Å². The van der Waals surface area contributed by atoms with Gasteiger partial charge in [-0.3, -0.25) is 0 Å². The van der Waals surface area contributed by atoms with Gasteiger partial charge in [0.25, 0.3) is 0 Å². The Morgan fingerprint density at radius 1 is 1.03 bits per heavy atom. The van der Waals surface area contributed by atoms with Crippen molar-refractivity contribution in [1.82, 2.24) is 4.90 Å². The lowest BCUT2D eigenvalue weighted by atomic mass is 10.0. The molecule has 2 aromatic carbocycles. The molecule has 154 valence electrons. The highest BCUT2D eigenvalue weighted by Gasteiger charge is 2.40. The number of hydrogen-bond acceptors (Lipinski definition) is 5. The Balaban J connectivity index is 1.14. The van der Waals surface area contributed by atoms with Crippen LogP contribution in [-0.2, 0) is 4.74 Å². The molecule has 0 radical (unpaired) electrons. The second kappa shape index (κ2) is 7.88. The number of nitrogen functional groups attached to an aromatic ring is 1. The number of rotatable bonds is 7. The molecule has 0 bridgehead atoms. The van der Waals surface area contributed by atoms with E-state index in [2.05, 4.69) is 46.4 Å². The SMILES string of the molecule is CN(c1ccc(C2OC2Nc2ccccc2N)cc1)C1CCN(CC2CC2)CC1. The number of nitrogens with zero attached hydrogens (tertiary/aromatic N) is 2. The third-order valence-electron chi connectivity index (χ3n) is 6.70. The van der Waals surface area contributed by atoms with Crippen LogP contribution in [0, 0.1) is 5.92 Å². The fraction of sp³-hybridized carbons (Fsp3) is 0.500. The van der Waals surface area contributed by atoms with Crippen molar-refractivity contribution in [2.24, 2.45) is 5.92 Å². The number of nitrogens with one attached hydrogen (secondary N) is 1. The summed E-state index contributed by atoms with van der Waals surface area (Å²) in [6, 6.07) is 17.3. The van der Waals surface area contributed by atoms with E-state index in [4.69, 9.17) is 10.5 Å². The van der Waals surface area contributed by atoms with Gasteiger partial charge in [0.15, 0.2) is 6.23 Å². The average molecular weight is 393 g/mol. The Labute approximate surface area is 173 Å². The molecule has 5 heteroatoms. The summed E-state index contributed by atoms with van der Waals surface area (Å²) >= 11 is 0. The predicted molar refractivity (Wildman–Crippen MR) is 119 cm³/mol. The van der Waals surface area contributed by atoms with Crippen LogP contribution in [0.1, 0.15) is 37.4 Å². The summed E-state index contributed by atoms with van der Waals surface area (Å²) in [5, 5.41) is 3.38. The van der Waals surface area contributed by atoms with E-state index in [0.29, 0.717) is 6.04 Å². The van der Waals surface area contributed by atoms with Gasteiger partial charge >= 0.3 is 0 Å². The average Bonchev–Trinajstić information content (AvgIpc) is 3.67. The molecule has 1 saturated carbocycles. The van der Waals surface area contributed by atoms with Crippen molar-refractivity contribution >= 4 is 17.1 Å². The first kappa shape index (κ1) is 18.8. The van der Waals surface area contributed by atoms with Crippen molar-refractivity contribution < 1.29 is 4.74 Å². The van der Waals surface area contributed by atoms with Gasteiger partial charge in [-0.15, -0.1) is 0 Å². The molecule has 29 heavy (non-hydrogen) atoms. The van der Waals surface area contributed by atoms with Crippen LogP contribution >= 0.6 is 0 Å². The molecule has 2 aliphatic heterocycles. The minimum atomic E-state index is -0.000857. The zero-order valence-electron chi connectivity index (χ0n) is 17.3. The lowest BCUT2D eigenvalue weighted by Crippen LogP contribution is -2.44. The van der Waals surface area contributed by atoms with Crippen LogP contribution in [0.5, 0.6) is 0 Å². The van der Waals surface area contributed by atoms with Crippen molar-refractivity contribution in [3.05, 3.63) is 54.1 Å². The van der Waals surface area contributed by atoms with Gasteiger partial charge in [-0.1, -0.05) is 24.3 Å². The molecule has 2 atom stereocenters. The minimum Gasteiger partial charge on any atom is -0.397 e. The van der Waals surface area contributed by atoms with Crippen LogP contribution in [-0.4, -0.2) is 43.9 Å². The van der Waals surface area contributed by atoms with E-state index in [1.165, 1.54) is 56.6 Å². The van der Waals surface area contributed by atoms with Crippen LogP contribution in [0.4, 0.5) is 17.1 Å². The number of nitrogens with two attached hydrogens (primary N) is 1. The van der Waals surface area contributed by atoms with Crippen molar-refractivity contribution in [2.75, 3.05) is 42.6 Å². The Kier molecular flexibility index (Phi) is 5.10. The number of ether oxygens (including phenoxy) is 1. The Hall–Kier alpha value is -2.24. The summed E-state index contributed by atoms with van der Waals surface area (Å²) in [6.07, 6.45) is 5.53. The summed E-state index contributed by atoms with van der Waals surface area (Å²) in [5.41, 5.74) is 10.2. The molecule has 5 rings (SSSR count). The number of anilines is 3. The normalized spacial score (nSPS) is 25.0. The van der Waals surface area contributed by atoms with Gasteiger partial charge in [0, 0.05) is 38.4 Å². The first-order valence-corrected chi connectivity index (χ1v) is 11.0. The molecule has 3 fully saturated rings. The summed E-state index contributed by atoms with van der Waals surface area (Å²) in [5.74, 6) is 0.998. The molecule has 2 aromatic rings. The van der Waals surface area contributed by atoms with Gasteiger partial charge in [-0.05, 0) is 61.4 Å². The Morgan fingerprint density at radius 3 is 2.45 bits per heavy atom. The first-order chi connectivity index (χ1) is 14.2. The third kappa shape index (κ3) is 4.36. The maximum atomic E-state index is 6.01. The predicted octanol–water partition coefficient (Wildman–Crippen LogP) is 4.09. The fourth-order valence-electron chi connectivity index (χ4n) is 4.52. The van der Waals surface area contributed by atoms with E-state index in [1.807, 2.05) is 24.3 Å². The summed E-state index contributed by atoms with van der Waals surface area (Å²) in [6.45, 7) is 3.82. The van der Waals surface area contributed by atoms with Gasteiger partial charge in [0.1, 0.15) is 6.10 Å². The van der Waals surface area contributed by atoms with Crippen LogP contribution in [0.2, 0.25) is 0 Å². The van der Waals surface area contributed by atoms with Crippen LogP contribution in [0.3, 0.4) is 0 Å². The number of para-hydroxylation sites is 2. The van der Waals surface area contributed by atoms with Crippen molar-refractivity contribution in [3.63, 3.8) is 0 Å². The number of likely N-dealkylation sites (tertiary alicyclic amines) is 1. The Bertz CT molecular complexity index is 827. The zero-order chi connectivity index (χ0) is 19.8. The number of benzene rings is 2. The van der Waals surface area contributed by atoms with Crippen LogP contribution in [0.15, 0.2) is 48.5 Å². The Morgan fingerprint density at radius 2 is 1.76 bits per heavy atom. The van der Waals surface area contributed by atoms with Crippen molar-refractivity contribution in [3.8, 4) is 0 Å². The first-order valence-electron chi connectivity index (χ1n) is 11.0. The largest absolute Gasteiger partial charge is 0.397 e. The molecule has 3 N–H and O–H groups in total. The molecule has 2 saturated heterocycles.